The molecule has 0 aliphatic heterocycles. The van der Waals surface area contributed by atoms with Crippen LogP contribution in [-0.2, 0) is 32.6 Å². The topological polar surface area (TPSA) is 86.8 Å². The molecule has 0 spiro atoms. The van der Waals surface area contributed by atoms with E-state index in [1.165, 1.54) is 17.0 Å². The maximum Gasteiger partial charge on any atom is 0.244 e. The number of nitrogens with one attached hydrogen (secondary N) is 1. The number of nitrogens with zero attached hydrogens (tertiary/aromatic N) is 2. The molecule has 208 valence electrons. The number of sulfonamides is 1. The highest BCUT2D eigenvalue weighted by Crippen LogP contribution is 2.21. The lowest BCUT2D eigenvalue weighted by molar-refractivity contribution is -0.140. The third-order valence-corrected chi connectivity index (χ3v) is 7.68. The lowest BCUT2D eigenvalue weighted by Gasteiger charge is -2.33. The fraction of sp³-hybridized carbons (Fsp3) is 0.310. The number of benzene rings is 3. The molecular formula is C29H33BrFN3O4S. The van der Waals surface area contributed by atoms with Crippen molar-refractivity contribution in [2.75, 3.05) is 23.7 Å². The zero-order chi connectivity index (χ0) is 28.6. The number of amides is 2. The smallest absolute Gasteiger partial charge is 0.244 e. The minimum atomic E-state index is -3.91. The number of hydrogen-bond donors (Lipinski definition) is 1. The Morgan fingerprint density at radius 3 is 2.10 bits per heavy atom. The van der Waals surface area contributed by atoms with Crippen molar-refractivity contribution in [3.63, 3.8) is 0 Å². The van der Waals surface area contributed by atoms with Crippen LogP contribution in [0.2, 0.25) is 0 Å². The third-order valence-electron chi connectivity index (χ3n) is 6.02. The Balaban J connectivity index is 2.03. The molecule has 10 heteroatoms. The molecule has 0 aromatic heterocycles. The monoisotopic (exact) mass is 617 g/mol. The number of rotatable bonds is 12. The summed E-state index contributed by atoms with van der Waals surface area (Å²) < 4.78 is 40.8. The van der Waals surface area contributed by atoms with Gasteiger partial charge in [-0.2, -0.15) is 0 Å². The van der Waals surface area contributed by atoms with Gasteiger partial charge in [-0.15, -0.1) is 0 Å². The van der Waals surface area contributed by atoms with Gasteiger partial charge in [0, 0.05) is 24.0 Å². The predicted molar refractivity (Wildman–Crippen MR) is 155 cm³/mol. The number of carbonyl (C=O) groups is 2. The van der Waals surface area contributed by atoms with Crippen LogP contribution in [0.3, 0.4) is 0 Å². The third kappa shape index (κ3) is 9.18. The molecule has 7 nitrogen and oxygen atoms in total. The van der Waals surface area contributed by atoms with Crippen LogP contribution in [0.4, 0.5) is 10.1 Å². The van der Waals surface area contributed by atoms with Crippen LogP contribution in [0, 0.1) is 11.7 Å². The van der Waals surface area contributed by atoms with Crippen LogP contribution < -0.4 is 9.62 Å². The van der Waals surface area contributed by atoms with Gasteiger partial charge in [0.05, 0.1) is 11.9 Å². The highest BCUT2D eigenvalue weighted by Gasteiger charge is 2.33. The van der Waals surface area contributed by atoms with Crippen molar-refractivity contribution in [1.82, 2.24) is 10.2 Å². The second-order valence-corrected chi connectivity index (χ2v) is 12.6. The van der Waals surface area contributed by atoms with E-state index in [9.17, 15) is 22.4 Å². The fourth-order valence-corrected chi connectivity index (χ4v) is 5.10. The summed E-state index contributed by atoms with van der Waals surface area (Å²) in [6.07, 6.45) is 1.22. The summed E-state index contributed by atoms with van der Waals surface area (Å²) in [5, 5.41) is 2.94. The van der Waals surface area contributed by atoms with Crippen LogP contribution in [0.15, 0.2) is 83.3 Å². The average Bonchev–Trinajstić information content (AvgIpc) is 2.89. The first kappa shape index (κ1) is 30.3. The molecule has 0 saturated carbocycles. The maximum absolute atomic E-state index is 13.9. The Morgan fingerprint density at radius 1 is 0.923 bits per heavy atom. The molecule has 0 saturated heterocycles. The molecule has 1 N–H and O–H groups in total. The Labute approximate surface area is 238 Å². The van der Waals surface area contributed by atoms with Crippen molar-refractivity contribution in [2.45, 2.75) is 32.9 Å². The average molecular weight is 619 g/mol. The molecule has 0 fully saturated rings. The van der Waals surface area contributed by atoms with Gasteiger partial charge in [-0.05, 0) is 53.4 Å². The molecule has 0 aliphatic carbocycles. The van der Waals surface area contributed by atoms with E-state index in [2.05, 4.69) is 21.2 Å². The van der Waals surface area contributed by atoms with Gasteiger partial charge in [0.25, 0.3) is 0 Å². The lowest BCUT2D eigenvalue weighted by Crippen LogP contribution is -2.53. The van der Waals surface area contributed by atoms with Crippen LogP contribution in [0.5, 0.6) is 0 Å². The van der Waals surface area contributed by atoms with Crippen LogP contribution in [-0.4, -0.2) is 50.5 Å². The summed E-state index contributed by atoms with van der Waals surface area (Å²) in [7, 11) is -3.91. The summed E-state index contributed by atoms with van der Waals surface area (Å²) in [5.74, 6) is -1.22. The van der Waals surface area contributed by atoms with Crippen molar-refractivity contribution in [3.05, 3.63) is 100 Å². The highest BCUT2D eigenvalue weighted by molar-refractivity contribution is 9.10. The first-order valence-electron chi connectivity index (χ1n) is 12.5. The van der Waals surface area contributed by atoms with E-state index in [1.807, 2.05) is 68.4 Å². The van der Waals surface area contributed by atoms with Crippen LogP contribution in [0.1, 0.15) is 25.0 Å². The fourth-order valence-electron chi connectivity index (χ4n) is 3.98. The molecule has 1 unspecified atom stereocenters. The van der Waals surface area contributed by atoms with Crippen molar-refractivity contribution in [1.29, 1.82) is 0 Å². The van der Waals surface area contributed by atoms with E-state index in [0.29, 0.717) is 6.54 Å². The first-order chi connectivity index (χ1) is 18.4. The number of anilines is 1. The molecule has 1 atom stereocenters. The number of halogens is 2. The second-order valence-electron chi connectivity index (χ2n) is 9.74. The van der Waals surface area contributed by atoms with E-state index >= 15 is 0 Å². The lowest BCUT2D eigenvalue weighted by atomic mass is 10.0. The highest BCUT2D eigenvalue weighted by atomic mass is 79.9. The first-order valence-corrected chi connectivity index (χ1v) is 15.2. The van der Waals surface area contributed by atoms with Gasteiger partial charge in [0.2, 0.25) is 21.8 Å². The van der Waals surface area contributed by atoms with E-state index in [-0.39, 0.29) is 30.5 Å². The Bertz CT molecular complexity index is 1350. The standard InChI is InChI=1S/C29H33BrFN3O4S/c1-21(2)18-32-29(36)27(17-22-7-5-4-6-8-22)33(19-23-9-11-24(30)12-10-23)28(35)20-34(39(3,37)38)26-15-13-25(31)14-16-26/h4-16,21,27H,17-20H2,1-3H3,(H,32,36). The SMILES string of the molecule is CC(C)CNC(=O)C(Cc1ccccc1)N(Cc1ccc(Br)cc1)C(=O)CN(c1ccc(F)cc1)S(C)(=O)=O. The molecule has 2 amide bonds. The van der Waals surface area contributed by atoms with E-state index in [1.54, 1.807) is 0 Å². The Hall–Kier alpha value is -3.24. The van der Waals surface area contributed by atoms with Crippen LogP contribution >= 0.6 is 15.9 Å². The molecule has 3 aromatic carbocycles. The van der Waals surface area contributed by atoms with Crippen molar-refractivity contribution >= 4 is 43.5 Å². The van der Waals surface area contributed by atoms with Crippen LogP contribution in [0.25, 0.3) is 0 Å². The number of carbonyl (C=O) groups excluding carboxylic acids is 2. The quantitative estimate of drug-likeness (QED) is 0.317. The maximum atomic E-state index is 13.9. The summed E-state index contributed by atoms with van der Waals surface area (Å²) in [4.78, 5) is 28.9. The summed E-state index contributed by atoms with van der Waals surface area (Å²) in [6, 6.07) is 20.7. The van der Waals surface area contributed by atoms with E-state index in [4.69, 9.17) is 0 Å². The van der Waals surface area contributed by atoms with Crippen molar-refractivity contribution < 1.29 is 22.4 Å². The zero-order valence-corrected chi connectivity index (χ0v) is 24.6. The summed E-state index contributed by atoms with van der Waals surface area (Å²) >= 11 is 3.41. The molecule has 0 aliphatic rings. The minimum Gasteiger partial charge on any atom is -0.354 e. The van der Waals surface area contributed by atoms with Gasteiger partial charge in [0.1, 0.15) is 18.4 Å². The van der Waals surface area contributed by atoms with Gasteiger partial charge >= 0.3 is 0 Å². The summed E-state index contributed by atoms with van der Waals surface area (Å²) in [6.45, 7) is 3.91. The molecule has 0 heterocycles. The number of hydrogen-bond acceptors (Lipinski definition) is 4. The van der Waals surface area contributed by atoms with Gasteiger partial charge in [-0.25, -0.2) is 12.8 Å². The van der Waals surface area contributed by atoms with Gasteiger partial charge in [-0.1, -0.05) is 72.2 Å². The molecule has 3 rings (SSSR count). The van der Waals surface area contributed by atoms with Crippen molar-refractivity contribution in [3.8, 4) is 0 Å². The largest absolute Gasteiger partial charge is 0.354 e. The van der Waals surface area contributed by atoms with E-state index < -0.39 is 34.3 Å². The predicted octanol–water partition coefficient (Wildman–Crippen LogP) is 4.77. The molecule has 0 radical (unpaired) electrons. The normalized spacial score (nSPS) is 12.2. The molecule has 0 bridgehead atoms. The molecule has 3 aromatic rings. The zero-order valence-electron chi connectivity index (χ0n) is 22.2. The van der Waals surface area contributed by atoms with E-state index in [0.717, 1.165) is 38.3 Å². The molecule has 39 heavy (non-hydrogen) atoms. The van der Waals surface area contributed by atoms with Gasteiger partial charge in [0.15, 0.2) is 0 Å². The Kier molecular flexibility index (Phi) is 10.7. The minimum absolute atomic E-state index is 0.0831. The summed E-state index contributed by atoms with van der Waals surface area (Å²) in [5.41, 5.74) is 1.78. The van der Waals surface area contributed by atoms with Gasteiger partial charge in [-0.3, -0.25) is 13.9 Å². The Morgan fingerprint density at radius 2 is 1.54 bits per heavy atom. The van der Waals surface area contributed by atoms with Crippen molar-refractivity contribution in [2.24, 2.45) is 5.92 Å². The van der Waals surface area contributed by atoms with Gasteiger partial charge < -0.3 is 10.2 Å². The second kappa shape index (κ2) is 13.7. The molecular weight excluding hydrogens is 585 g/mol.